The largest absolute Gasteiger partial charge is 0.396 e. The van der Waals surface area contributed by atoms with Gasteiger partial charge in [0.15, 0.2) is 0 Å². The van der Waals surface area contributed by atoms with Crippen molar-refractivity contribution in [3.63, 3.8) is 0 Å². The van der Waals surface area contributed by atoms with E-state index in [0.717, 1.165) is 5.69 Å². The zero-order chi connectivity index (χ0) is 14.1. The van der Waals surface area contributed by atoms with Crippen molar-refractivity contribution in [2.24, 2.45) is 0 Å². The Morgan fingerprint density at radius 3 is 3.05 bits per heavy atom. The average Bonchev–Trinajstić information content (AvgIpc) is 3.12. The summed E-state index contributed by atoms with van der Waals surface area (Å²) in [6.45, 7) is 1.54. The van der Waals surface area contributed by atoms with Crippen LogP contribution >= 0.6 is 11.5 Å². The van der Waals surface area contributed by atoms with Crippen LogP contribution in [0, 0.1) is 6.92 Å². The molecule has 0 spiro atoms. The molecule has 7 nitrogen and oxygen atoms in total. The Labute approximate surface area is 117 Å². The van der Waals surface area contributed by atoms with Gasteiger partial charge >= 0.3 is 0 Å². The van der Waals surface area contributed by atoms with Crippen molar-refractivity contribution in [1.29, 1.82) is 0 Å². The number of rotatable bonds is 4. The molecule has 3 aromatic heterocycles. The lowest BCUT2D eigenvalue weighted by molar-refractivity contribution is 0.427. The van der Waals surface area contributed by atoms with E-state index in [1.165, 1.54) is 16.2 Å². The fourth-order valence-corrected chi connectivity index (χ4v) is 2.39. The van der Waals surface area contributed by atoms with Crippen molar-refractivity contribution in [3.8, 4) is 22.2 Å². The van der Waals surface area contributed by atoms with Crippen LogP contribution in [0.1, 0.15) is 5.69 Å². The van der Waals surface area contributed by atoms with E-state index in [-0.39, 0.29) is 6.54 Å². The SMILES string of the molecule is Cc1nsc(-c2nc(-c3cnn(CCF)c3)no2)c1N. The van der Waals surface area contributed by atoms with E-state index in [9.17, 15) is 4.39 Å². The first kappa shape index (κ1) is 12.7. The van der Waals surface area contributed by atoms with E-state index >= 15 is 0 Å². The molecule has 3 heterocycles. The number of nitrogens with two attached hydrogens (primary N) is 1. The Balaban J connectivity index is 1.91. The smallest absolute Gasteiger partial charge is 0.272 e. The van der Waals surface area contributed by atoms with Crippen molar-refractivity contribution < 1.29 is 8.91 Å². The lowest BCUT2D eigenvalue weighted by Crippen LogP contribution is -1.98. The molecule has 2 N–H and O–H groups in total. The summed E-state index contributed by atoms with van der Waals surface area (Å²) in [5, 5.41) is 7.88. The molecule has 0 aliphatic carbocycles. The van der Waals surface area contributed by atoms with E-state index < -0.39 is 6.67 Å². The molecule has 0 unspecified atom stereocenters. The molecule has 9 heteroatoms. The summed E-state index contributed by atoms with van der Waals surface area (Å²) < 4.78 is 23.0. The highest BCUT2D eigenvalue weighted by Crippen LogP contribution is 2.32. The number of hydrogen-bond donors (Lipinski definition) is 1. The fraction of sp³-hybridized carbons (Fsp3) is 0.273. The van der Waals surface area contributed by atoms with Gasteiger partial charge in [-0.25, -0.2) is 4.39 Å². The van der Waals surface area contributed by atoms with E-state index in [2.05, 4.69) is 19.6 Å². The highest BCUT2D eigenvalue weighted by atomic mass is 32.1. The standard InChI is InChI=1S/C11H11FN6OS/c1-6-8(13)9(20-17-6)11-15-10(16-19-11)7-4-14-18(5-7)3-2-12/h4-5H,2-3,13H2,1H3. The molecule has 104 valence electrons. The molecule has 0 fully saturated rings. The van der Waals surface area contributed by atoms with Gasteiger partial charge in [-0.05, 0) is 18.5 Å². The molecule has 0 amide bonds. The first-order valence-corrected chi connectivity index (χ1v) is 6.61. The normalized spacial score (nSPS) is 11.1. The summed E-state index contributed by atoms with van der Waals surface area (Å²) in [5.74, 6) is 0.705. The minimum atomic E-state index is -0.477. The van der Waals surface area contributed by atoms with Gasteiger partial charge in [0, 0.05) is 6.20 Å². The van der Waals surface area contributed by atoms with E-state index in [1.807, 2.05) is 6.92 Å². The molecule has 0 saturated carbocycles. The van der Waals surface area contributed by atoms with Gasteiger partial charge in [-0.1, -0.05) is 5.16 Å². The Hall–Kier alpha value is -2.29. The molecule has 0 aliphatic rings. The van der Waals surface area contributed by atoms with Crippen LogP contribution < -0.4 is 5.73 Å². The van der Waals surface area contributed by atoms with Crippen molar-refractivity contribution in [3.05, 3.63) is 18.1 Å². The molecule has 0 radical (unpaired) electrons. The molecule has 0 bridgehead atoms. The van der Waals surface area contributed by atoms with Gasteiger partial charge in [-0.2, -0.15) is 14.5 Å². The van der Waals surface area contributed by atoms with Crippen LogP contribution in [0.2, 0.25) is 0 Å². The average molecular weight is 294 g/mol. The van der Waals surface area contributed by atoms with Gasteiger partial charge in [0.05, 0.1) is 29.7 Å². The van der Waals surface area contributed by atoms with Crippen molar-refractivity contribution in [2.75, 3.05) is 12.4 Å². The number of anilines is 1. The topological polar surface area (TPSA) is 95.6 Å². The maximum atomic E-state index is 12.2. The first-order chi connectivity index (χ1) is 9.69. The maximum absolute atomic E-state index is 12.2. The van der Waals surface area contributed by atoms with E-state index in [1.54, 1.807) is 12.4 Å². The number of aromatic nitrogens is 5. The second-order valence-corrected chi connectivity index (χ2v) is 4.89. The van der Waals surface area contributed by atoms with Gasteiger partial charge in [0.2, 0.25) is 5.82 Å². The van der Waals surface area contributed by atoms with Crippen LogP contribution in [-0.2, 0) is 6.54 Å². The van der Waals surface area contributed by atoms with Gasteiger partial charge in [-0.3, -0.25) is 4.68 Å². The van der Waals surface area contributed by atoms with Crippen LogP contribution in [-0.4, -0.2) is 31.0 Å². The highest BCUT2D eigenvalue weighted by molar-refractivity contribution is 7.10. The zero-order valence-corrected chi connectivity index (χ0v) is 11.4. The molecule has 3 aromatic rings. The Kier molecular flexibility index (Phi) is 3.18. The quantitative estimate of drug-likeness (QED) is 0.789. The molecular formula is C11H11FN6OS. The molecule has 20 heavy (non-hydrogen) atoms. The molecule has 0 aliphatic heterocycles. The van der Waals surface area contributed by atoms with Crippen LogP contribution in [0.25, 0.3) is 22.2 Å². The van der Waals surface area contributed by atoms with Crippen molar-refractivity contribution in [1.82, 2.24) is 24.3 Å². The second-order valence-electron chi connectivity index (χ2n) is 4.11. The van der Waals surface area contributed by atoms with E-state index in [0.29, 0.717) is 27.8 Å². The minimum Gasteiger partial charge on any atom is -0.396 e. The zero-order valence-electron chi connectivity index (χ0n) is 10.6. The number of aryl methyl sites for hydroxylation is 2. The van der Waals surface area contributed by atoms with Crippen LogP contribution in [0.5, 0.6) is 0 Å². The number of alkyl halides is 1. The van der Waals surface area contributed by atoms with Crippen molar-refractivity contribution >= 4 is 17.2 Å². The molecule has 0 aromatic carbocycles. The molecule has 0 atom stereocenters. The first-order valence-electron chi connectivity index (χ1n) is 5.83. The monoisotopic (exact) mass is 294 g/mol. The van der Waals surface area contributed by atoms with Gasteiger partial charge < -0.3 is 10.3 Å². The van der Waals surface area contributed by atoms with Crippen molar-refractivity contribution in [2.45, 2.75) is 13.5 Å². The molecular weight excluding hydrogens is 283 g/mol. The lowest BCUT2D eigenvalue weighted by Gasteiger charge is -1.92. The summed E-state index contributed by atoms with van der Waals surface area (Å²) in [4.78, 5) is 4.91. The Morgan fingerprint density at radius 2 is 2.35 bits per heavy atom. The fourth-order valence-electron chi connectivity index (χ4n) is 1.65. The second kappa shape index (κ2) is 5.00. The number of nitrogen functional groups attached to an aromatic ring is 1. The third-order valence-corrected chi connectivity index (χ3v) is 3.68. The van der Waals surface area contributed by atoms with Gasteiger partial charge in [0.25, 0.3) is 5.89 Å². The summed E-state index contributed by atoms with van der Waals surface area (Å²) in [6.07, 6.45) is 3.22. The Bertz CT molecular complexity index is 733. The molecule has 0 saturated heterocycles. The lowest BCUT2D eigenvalue weighted by atomic mass is 10.3. The van der Waals surface area contributed by atoms with Crippen LogP contribution in [0.4, 0.5) is 10.1 Å². The third-order valence-electron chi connectivity index (χ3n) is 2.73. The third kappa shape index (κ3) is 2.16. The predicted octanol–water partition coefficient (Wildman–Crippen LogP) is 1.92. The minimum absolute atomic E-state index is 0.200. The summed E-state index contributed by atoms with van der Waals surface area (Å²) in [6, 6.07) is 0. The van der Waals surface area contributed by atoms with E-state index in [4.69, 9.17) is 10.3 Å². The summed E-state index contributed by atoms with van der Waals surface area (Å²) in [7, 11) is 0. The van der Waals surface area contributed by atoms with Crippen LogP contribution in [0.15, 0.2) is 16.9 Å². The predicted molar refractivity (Wildman–Crippen MR) is 71.8 cm³/mol. The maximum Gasteiger partial charge on any atom is 0.272 e. The molecule has 3 rings (SSSR count). The highest BCUT2D eigenvalue weighted by Gasteiger charge is 2.17. The number of nitrogens with zero attached hydrogens (tertiary/aromatic N) is 5. The summed E-state index contributed by atoms with van der Waals surface area (Å²) >= 11 is 1.21. The Morgan fingerprint density at radius 1 is 1.50 bits per heavy atom. The van der Waals surface area contributed by atoms with Gasteiger partial charge in [-0.15, -0.1) is 0 Å². The van der Waals surface area contributed by atoms with Gasteiger partial charge in [0.1, 0.15) is 11.6 Å². The van der Waals surface area contributed by atoms with Crippen LogP contribution in [0.3, 0.4) is 0 Å². The number of hydrogen-bond acceptors (Lipinski definition) is 7. The number of halogens is 1. The summed E-state index contributed by atoms with van der Waals surface area (Å²) in [5.41, 5.74) is 7.83.